The van der Waals surface area contributed by atoms with Crippen LogP contribution in [0.25, 0.3) is 0 Å². The molecule has 154 valence electrons. The van der Waals surface area contributed by atoms with Gasteiger partial charge in [0.05, 0.1) is 22.6 Å². The number of unbranched alkanes of at least 4 members (excludes halogenated alkanes) is 3. The van der Waals surface area contributed by atoms with Crippen LogP contribution in [0, 0.1) is 5.41 Å². The van der Waals surface area contributed by atoms with Gasteiger partial charge in [-0.15, -0.1) is 0 Å². The standard InChI is InChI=1S/C19H38N2O4S/c1-8-9-10-11-12-19(7,14-26(24,25)15(2)3)21-17(23)20-16(13-22)18(4,5)6/h13,15-16H,8-12,14H2,1-7H3,(H2,20,21,23). The Morgan fingerprint density at radius 2 is 1.65 bits per heavy atom. The summed E-state index contributed by atoms with van der Waals surface area (Å²) in [5.41, 5.74) is -1.28. The van der Waals surface area contributed by atoms with Gasteiger partial charge in [0.25, 0.3) is 0 Å². The highest BCUT2D eigenvalue weighted by atomic mass is 32.2. The Morgan fingerprint density at radius 1 is 1.08 bits per heavy atom. The van der Waals surface area contributed by atoms with Gasteiger partial charge in [-0.2, -0.15) is 0 Å². The maximum atomic E-state index is 12.4. The van der Waals surface area contributed by atoms with E-state index in [2.05, 4.69) is 17.6 Å². The summed E-state index contributed by atoms with van der Waals surface area (Å²) < 4.78 is 24.9. The normalized spacial score (nSPS) is 16.0. The zero-order valence-electron chi connectivity index (χ0n) is 17.5. The smallest absolute Gasteiger partial charge is 0.315 e. The Bertz CT molecular complexity index is 552. The lowest BCUT2D eigenvalue weighted by Crippen LogP contribution is -2.58. The molecule has 0 aliphatic carbocycles. The first-order chi connectivity index (χ1) is 11.8. The monoisotopic (exact) mass is 390 g/mol. The van der Waals surface area contributed by atoms with E-state index < -0.39 is 38.1 Å². The second kappa shape index (κ2) is 10.3. The Kier molecular flexibility index (Phi) is 9.84. The van der Waals surface area contributed by atoms with Crippen LogP contribution >= 0.6 is 0 Å². The summed E-state index contributed by atoms with van der Waals surface area (Å²) >= 11 is 0. The van der Waals surface area contributed by atoms with Crippen LogP contribution in [0.3, 0.4) is 0 Å². The van der Waals surface area contributed by atoms with Crippen molar-refractivity contribution in [2.45, 2.75) is 97.4 Å². The number of rotatable bonds is 11. The first-order valence-corrected chi connectivity index (χ1v) is 11.2. The molecule has 2 amide bonds. The molecule has 0 aromatic carbocycles. The Morgan fingerprint density at radius 3 is 2.08 bits per heavy atom. The molecule has 0 radical (unpaired) electrons. The second-order valence-corrected chi connectivity index (χ2v) is 11.4. The van der Waals surface area contributed by atoms with Gasteiger partial charge in [-0.05, 0) is 32.6 Å². The van der Waals surface area contributed by atoms with Crippen molar-refractivity contribution in [2.24, 2.45) is 5.41 Å². The van der Waals surface area contributed by atoms with Gasteiger partial charge < -0.3 is 15.4 Å². The number of hydrogen-bond acceptors (Lipinski definition) is 4. The summed E-state index contributed by atoms with van der Waals surface area (Å²) in [4.78, 5) is 23.7. The topological polar surface area (TPSA) is 92.3 Å². The van der Waals surface area contributed by atoms with Crippen molar-refractivity contribution in [1.82, 2.24) is 10.6 Å². The molecule has 0 spiro atoms. The van der Waals surface area contributed by atoms with Crippen LogP contribution in [0.1, 0.15) is 80.6 Å². The zero-order chi connectivity index (χ0) is 20.6. The van der Waals surface area contributed by atoms with Gasteiger partial charge in [0.15, 0.2) is 9.84 Å². The SMILES string of the molecule is CCCCCCC(C)(CS(=O)(=O)C(C)C)NC(=O)NC(C=O)C(C)(C)C. The first kappa shape index (κ1) is 24.9. The summed E-state index contributed by atoms with van der Waals surface area (Å²) in [6.07, 6.45) is 5.29. The number of carbonyl (C=O) groups excluding carboxylic acids is 2. The molecule has 2 N–H and O–H groups in total. The third kappa shape index (κ3) is 9.01. The molecular formula is C19H38N2O4S. The van der Waals surface area contributed by atoms with Crippen molar-refractivity contribution < 1.29 is 18.0 Å². The van der Waals surface area contributed by atoms with E-state index in [-0.39, 0.29) is 5.75 Å². The third-order valence-electron chi connectivity index (χ3n) is 4.59. The minimum Gasteiger partial charge on any atom is -0.332 e. The number of hydrogen-bond donors (Lipinski definition) is 2. The van der Waals surface area contributed by atoms with E-state index in [1.54, 1.807) is 20.8 Å². The molecule has 7 heteroatoms. The molecule has 2 unspecified atom stereocenters. The minimum absolute atomic E-state index is 0.113. The summed E-state index contributed by atoms with van der Waals surface area (Å²) in [6.45, 7) is 12.8. The molecule has 0 aromatic rings. The van der Waals surface area contributed by atoms with Crippen LogP contribution in [0.15, 0.2) is 0 Å². The van der Waals surface area contributed by atoms with Crippen LogP contribution < -0.4 is 10.6 Å². The van der Waals surface area contributed by atoms with Crippen molar-refractivity contribution in [3.63, 3.8) is 0 Å². The summed E-state index contributed by atoms with van der Waals surface area (Å²) in [7, 11) is -3.32. The van der Waals surface area contributed by atoms with E-state index in [4.69, 9.17) is 0 Å². The molecule has 26 heavy (non-hydrogen) atoms. The lowest BCUT2D eigenvalue weighted by molar-refractivity contribution is -0.111. The van der Waals surface area contributed by atoms with E-state index in [1.807, 2.05) is 20.8 Å². The number of sulfone groups is 1. The minimum atomic E-state index is -3.32. The molecule has 0 saturated carbocycles. The summed E-state index contributed by atoms with van der Waals surface area (Å²) in [6, 6.07) is -1.15. The highest BCUT2D eigenvalue weighted by Gasteiger charge is 2.35. The molecular weight excluding hydrogens is 352 g/mol. The zero-order valence-corrected chi connectivity index (χ0v) is 18.3. The predicted molar refractivity (Wildman–Crippen MR) is 107 cm³/mol. The van der Waals surface area contributed by atoms with Gasteiger partial charge in [-0.3, -0.25) is 0 Å². The molecule has 0 fully saturated rings. The highest BCUT2D eigenvalue weighted by Crippen LogP contribution is 2.21. The maximum absolute atomic E-state index is 12.4. The fraction of sp³-hybridized carbons (Fsp3) is 0.895. The lowest BCUT2D eigenvalue weighted by Gasteiger charge is -2.33. The fourth-order valence-electron chi connectivity index (χ4n) is 2.63. The average molecular weight is 391 g/mol. The van der Waals surface area contributed by atoms with Crippen molar-refractivity contribution in [2.75, 3.05) is 5.75 Å². The van der Waals surface area contributed by atoms with Crippen LogP contribution in [-0.4, -0.2) is 43.3 Å². The molecule has 0 aromatic heterocycles. The van der Waals surface area contributed by atoms with Crippen LogP contribution in [-0.2, 0) is 14.6 Å². The van der Waals surface area contributed by atoms with E-state index >= 15 is 0 Å². The van der Waals surface area contributed by atoms with E-state index in [0.29, 0.717) is 12.7 Å². The fourth-order valence-corrected chi connectivity index (χ4v) is 4.07. The predicted octanol–water partition coefficient (Wildman–Crippen LogP) is 3.45. The lowest BCUT2D eigenvalue weighted by atomic mass is 9.88. The van der Waals surface area contributed by atoms with Gasteiger partial charge in [-0.25, -0.2) is 13.2 Å². The second-order valence-electron chi connectivity index (χ2n) is 8.81. The van der Waals surface area contributed by atoms with Gasteiger partial charge >= 0.3 is 6.03 Å². The number of carbonyl (C=O) groups is 2. The first-order valence-electron chi connectivity index (χ1n) is 9.53. The largest absolute Gasteiger partial charge is 0.332 e. The van der Waals surface area contributed by atoms with Gasteiger partial charge in [0.1, 0.15) is 6.29 Å². The summed E-state index contributed by atoms with van der Waals surface area (Å²) in [5, 5.41) is 5.00. The summed E-state index contributed by atoms with van der Waals surface area (Å²) in [5.74, 6) is -0.113. The van der Waals surface area contributed by atoms with Crippen LogP contribution in [0.2, 0.25) is 0 Å². The molecule has 6 nitrogen and oxygen atoms in total. The molecule has 2 atom stereocenters. The van der Waals surface area contributed by atoms with Crippen molar-refractivity contribution in [3.05, 3.63) is 0 Å². The number of urea groups is 1. The van der Waals surface area contributed by atoms with E-state index in [9.17, 15) is 18.0 Å². The van der Waals surface area contributed by atoms with Crippen LogP contribution in [0.5, 0.6) is 0 Å². The Balaban J connectivity index is 5.20. The van der Waals surface area contributed by atoms with Crippen molar-refractivity contribution >= 4 is 22.2 Å². The van der Waals surface area contributed by atoms with Gasteiger partial charge in [0.2, 0.25) is 0 Å². The molecule has 0 saturated heterocycles. The van der Waals surface area contributed by atoms with Gasteiger partial charge in [0, 0.05) is 0 Å². The Labute approximate surface area is 159 Å². The quantitative estimate of drug-likeness (QED) is 0.417. The molecule has 0 heterocycles. The maximum Gasteiger partial charge on any atom is 0.315 e. The van der Waals surface area contributed by atoms with Crippen molar-refractivity contribution in [3.8, 4) is 0 Å². The molecule has 0 aliphatic rings. The molecule has 0 bridgehead atoms. The molecule has 0 aliphatic heterocycles. The highest BCUT2D eigenvalue weighted by molar-refractivity contribution is 7.92. The average Bonchev–Trinajstić information content (AvgIpc) is 2.47. The Hall–Kier alpha value is -1.11. The van der Waals surface area contributed by atoms with E-state index in [0.717, 1.165) is 25.7 Å². The third-order valence-corrected chi connectivity index (χ3v) is 7.07. The van der Waals surface area contributed by atoms with Crippen LogP contribution in [0.4, 0.5) is 4.79 Å². The van der Waals surface area contributed by atoms with Crippen molar-refractivity contribution in [1.29, 1.82) is 0 Å². The number of aldehydes is 1. The van der Waals surface area contributed by atoms with Gasteiger partial charge in [-0.1, -0.05) is 53.4 Å². The number of nitrogens with one attached hydrogen (secondary N) is 2. The molecule has 0 rings (SSSR count). The van der Waals surface area contributed by atoms with E-state index in [1.165, 1.54) is 0 Å². The number of amides is 2.